The molecule has 0 spiro atoms. The van der Waals surface area contributed by atoms with Crippen molar-refractivity contribution in [2.45, 2.75) is 25.7 Å². The molecule has 1 atom stereocenters. The predicted octanol–water partition coefficient (Wildman–Crippen LogP) is 3.17. The van der Waals surface area contributed by atoms with Gasteiger partial charge < -0.3 is 10.2 Å². The average Bonchev–Trinajstić information content (AvgIpc) is 2.82. The number of benzene rings is 1. The number of carbonyl (C=O) groups is 1. The van der Waals surface area contributed by atoms with Gasteiger partial charge in [0, 0.05) is 12.1 Å². The quantitative estimate of drug-likeness (QED) is 0.820. The van der Waals surface area contributed by atoms with Gasteiger partial charge in [0.05, 0.1) is 12.7 Å². The van der Waals surface area contributed by atoms with Gasteiger partial charge in [0.15, 0.2) is 0 Å². The summed E-state index contributed by atoms with van der Waals surface area (Å²) in [7, 11) is 0. The van der Waals surface area contributed by atoms with E-state index in [1.165, 1.54) is 0 Å². The second-order valence-corrected chi connectivity index (χ2v) is 4.57. The predicted molar refractivity (Wildman–Crippen MR) is 71.3 cm³/mol. The Kier molecular flexibility index (Phi) is 3.82. The standard InChI is InChI=1S/C15H17NO2/c1-11(12-4-6-13(16)7-5-12)9-14(17)10-15-3-2-8-18-15/h2-8,11H,9-10,16H2,1H3. The lowest BCUT2D eigenvalue weighted by Gasteiger charge is -2.10. The van der Waals surface area contributed by atoms with Gasteiger partial charge in [-0.3, -0.25) is 4.79 Å². The molecule has 0 aliphatic carbocycles. The highest BCUT2D eigenvalue weighted by atomic mass is 16.3. The van der Waals surface area contributed by atoms with E-state index in [9.17, 15) is 4.79 Å². The fourth-order valence-electron chi connectivity index (χ4n) is 1.96. The van der Waals surface area contributed by atoms with E-state index in [1.807, 2.05) is 37.3 Å². The molecule has 1 unspecified atom stereocenters. The summed E-state index contributed by atoms with van der Waals surface area (Å²) in [5.74, 6) is 1.12. The molecule has 2 rings (SSSR count). The lowest BCUT2D eigenvalue weighted by molar-refractivity contribution is -0.118. The fourth-order valence-corrected chi connectivity index (χ4v) is 1.96. The summed E-state index contributed by atoms with van der Waals surface area (Å²) in [6, 6.07) is 11.3. The van der Waals surface area contributed by atoms with Crippen LogP contribution in [0, 0.1) is 0 Å². The SMILES string of the molecule is CC(CC(=O)Cc1ccco1)c1ccc(N)cc1. The molecule has 1 heterocycles. The third-order valence-electron chi connectivity index (χ3n) is 2.99. The fraction of sp³-hybridized carbons (Fsp3) is 0.267. The van der Waals surface area contributed by atoms with E-state index in [0.717, 1.165) is 17.0 Å². The van der Waals surface area contributed by atoms with Crippen molar-refractivity contribution >= 4 is 11.5 Å². The Morgan fingerprint density at radius 1 is 1.28 bits per heavy atom. The molecule has 1 aromatic heterocycles. The van der Waals surface area contributed by atoms with Gasteiger partial charge in [-0.15, -0.1) is 0 Å². The number of Topliss-reactive ketones (excluding diaryl/α,β-unsaturated/α-hetero) is 1. The molecule has 0 saturated carbocycles. The van der Waals surface area contributed by atoms with Crippen LogP contribution in [0.15, 0.2) is 47.1 Å². The molecule has 1 aromatic carbocycles. The normalized spacial score (nSPS) is 12.3. The number of hydrogen-bond acceptors (Lipinski definition) is 3. The zero-order valence-electron chi connectivity index (χ0n) is 10.4. The third-order valence-corrected chi connectivity index (χ3v) is 2.99. The van der Waals surface area contributed by atoms with Crippen molar-refractivity contribution in [3.8, 4) is 0 Å². The Labute approximate surface area is 107 Å². The van der Waals surface area contributed by atoms with Crippen molar-refractivity contribution in [1.29, 1.82) is 0 Å². The maximum atomic E-state index is 11.9. The second-order valence-electron chi connectivity index (χ2n) is 4.57. The number of nitrogen functional groups attached to an aromatic ring is 1. The highest BCUT2D eigenvalue weighted by Crippen LogP contribution is 2.21. The molecule has 2 N–H and O–H groups in total. The summed E-state index contributed by atoms with van der Waals surface area (Å²) in [6.45, 7) is 2.05. The minimum absolute atomic E-state index is 0.189. The summed E-state index contributed by atoms with van der Waals surface area (Å²) in [5.41, 5.74) is 7.52. The molecule has 18 heavy (non-hydrogen) atoms. The van der Waals surface area contributed by atoms with E-state index in [4.69, 9.17) is 10.2 Å². The van der Waals surface area contributed by atoms with Crippen LogP contribution in [0.25, 0.3) is 0 Å². The summed E-state index contributed by atoms with van der Waals surface area (Å²) in [5, 5.41) is 0. The van der Waals surface area contributed by atoms with Gasteiger partial charge in [0.1, 0.15) is 11.5 Å². The summed E-state index contributed by atoms with van der Waals surface area (Å²) < 4.78 is 5.17. The number of carbonyl (C=O) groups excluding carboxylic acids is 1. The van der Waals surface area contributed by atoms with Crippen LogP contribution >= 0.6 is 0 Å². The van der Waals surface area contributed by atoms with Crippen molar-refractivity contribution < 1.29 is 9.21 Å². The second kappa shape index (κ2) is 5.54. The molecule has 3 heteroatoms. The van der Waals surface area contributed by atoms with Crippen LogP contribution < -0.4 is 5.73 Å². The molecule has 0 aliphatic heterocycles. The van der Waals surface area contributed by atoms with Gasteiger partial charge in [-0.05, 0) is 35.7 Å². The highest BCUT2D eigenvalue weighted by Gasteiger charge is 2.12. The Bertz CT molecular complexity index is 500. The smallest absolute Gasteiger partial charge is 0.141 e. The van der Waals surface area contributed by atoms with Crippen LogP contribution in [-0.2, 0) is 11.2 Å². The van der Waals surface area contributed by atoms with E-state index in [-0.39, 0.29) is 11.7 Å². The van der Waals surface area contributed by atoms with E-state index < -0.39 is 0 Å². The first-order valence-electron chi connectivity index (χ1n) is 6.04. The molecule has 0 bridgehead atoms. The Morgan fingerprint density at radius 3 is 2.61 bits per heavy atom. The Morgan fingerprint density at radius 2 is 2.00 bits per heavy atom. The number of furan rings is 1. The van der Waals surface area contributed by atoms with Crippen molar-refractivity contribution in [2.75, 3.05) is 5.73 Å². The first-order valence-corrected chi connectivity index (χ1v) is 6.04. The summed E-state index contributed by atoms with van der Waals surface area (Å²) in [4.78, 5) is 11.9. The lowest BCUT2D eigenvalue weighted by Crippen LogP contribution is -2.07. The van der Waals surface area contributed by atoms with Crippen LogP contribution in [0.4, 0.5) is 5.69 Å². The summed E-state index contributed by atoms with van der Waals surface area (Å²) in [6.07, 6.45) is 2.48. The molecular weight excluding hydrogens is 226 g/mol. The minimum atomic E-state index is 0.189. The van der Waals surface area contributed by atoms with E-state index in [0.29, 0.717) is 12.8 Å². The molecule has 3 nitrogen and oxygen atoms in total. The molecule has 0 saturated heterocycles. The maximum absolute atomic E-state index is 11.9. The van der Waals surface area contributed by atoms with Crippen LogP contribution in [0.2, 0.25) is 0 Å². The van der Waals surface area contributed by atoms with Crippen molar-refractivity contribution in [3.63, 3.8) is 0 Å². The first kappa shape index (κ1) is 12.4. The zero-order valence-corrected chi connectivity index (χ0v) is 10.4. The minimum Gasteiger partial charge on any atom is -0.469 e. The monoisotopic (exact) mass is 243 g/mol. The van der Waals surface area contributed by atoms with Gasteiger partial charge in [-0.2, -0.15) is 0 Å². The topological polar surface area (TPSA) is 56.2 Å². The highest BCUT2D eigenvalue weighted by molar-refractivity contribution is 5.81. The maximum Gasteiger partial charge on any atom is 0.141 e. The van der Waals surface area contributed by atoms with Crippen molar-refractivity contribution in [3.05, 3.63) is 54.0 Å². The van der Waals surface area contributed by atoms with Crippen molar-refractivity contribution in [2.24, 2.45) is 0 Å². The number of ketones is 1. The average molecular weight is 243 g/mol. The lowest BCUT2D eigenvalue weighted by atomic mass is 9.94. The molecule has 0 aliphatic rings. The molecular formula is C15H17NO2. The van der Waals surface area contributed by atoms with Gasteiger partial charge in [0.25, 0.3) is 0 Å². The molecule has 0 radical (unpaired) electrons. The number of nitrogens with two attached hydrogens (primary N) is 1. The van der Waals surface area contributed by atoms with E-state index >= 15 is 0 Å². The van der Waals surface area contributed by atoms with Crippen LogP contribution in [0.5, 0.6) is 0 Å². The van der Waals surface area contributed by atoms with E-state index in [2.05, 4.69) is 0 Å². The van der Waals surface area contributed by atoms with Gasteiger partial charge >= 0.3 is 0 Å². The number of rotatable bonds is 5. The number of hydrogen-bond donors (Lipinski definition) is 1. The molecule has 0 amide bonds. The third kappa shape index (κ3) is 3.23. The zero-order chi connectivity index (χ0) is 13.0. The molecule has 2 aromatic rings. The molecule has 94 valence electrons. The number of anilines is 1. The largest absolute Gasteiger partial charge is 0.469 e. The van der Waals surface area contributed by atoms with Crippen molar-refractivity contribution in [1.82, 2.24) is 0 Å². The van der Waals surface area contributed by atoms with Gasteiger partial charge in [-0.1, -0.05) is 19.1 Å². The van der Waals surface area contributed by atoms with Gasteiger partial charge in [-0.25, -0.2) is 0 Å². The van der Waals surface area contributed by atoms with Gasteiger partial charge in [0.2, 0.25) is 0 Å². The molecule has 0 fully saturated rings. The Hall–Kier alpha value is -2.03. The summed E-state index contributed by atoms with van der Waals surface area (Å²) >= 11 is 0. The van der Waals surface area contributed by atoms with Crippen LogP contribution in [0.3, 0.4) is 0 Å². The van der Waals surface area contributed by atoms with Crippen LogP contribution in [-0.4, -0.2) is 5.78 Å². The Balaban J connectivity index is 1.92. The first-order chi connectivity index (χ1) is 8.65. The van der Waals surface area contributed by atoms with E-state index in [1.54, 1.807) is 12.3 Å². The van der Waals surface area contributed by atoms with Crippen LogP contribution in [0.1, 0.15) is 30.6 Å².